The average Bonchev–Trinajstić information content (AvgIpc) is 3.49. The fourth-order valence-electron chi connectivity index (χ4n) is 9.49. The van der Waals surface area contributed by atoms with Crippen LogP contribution >= 0.6 is 0 Å². The van der Waals surface area contributed by atoms with Crippen LogP contribution in [0.3, 0.4) is 0 Å². The van der Waals surface area contributed by atoms with Crippen molar-refractivity contribution < 1.29 is 28.6 Å². The summed E-state index contributed by atoms with van der Waals surface area (Å²) in [5.41, 5.74) is 0. The summed E-state index contributed by atoms with van der Waals surface area (Å²) < 4.78 is 17.0. The molecule has 472 valence electrons. The predicted molar refractivity (Wildman–Crippen MR) is 362 cm³/mol. The van der Waals surface area contributed by atoms with E-state index in [9.17, 15) is 14.4 Å². The molecule has 6 heteroatoms. The van der Waals surface area contributed by atoms with Crippen molar-refractivity contribution >= 4 is 17.9 Å². The largest absolute Gasteiger partial charge is 0.462 e. The van der Waals surface area contributed by atoms with Gasteiger partial charge in [0, 0.05) is 19.3 Å². The number of unbranched alkanes of at least 4 members (excludes halogenated alkanes) is 29. The van der Waals surface area contributed by atoms with Crippen LogP contribution in [-0.2, 0) is 28.6 Å². The SMILES string of the molecule is CC/C=C\C/C=C\C/C=C\C/C=C\C/C=C\CCCCCCCCCCCCCCCC(=O)OCC(COC(=O)CCCCCCCCC/C=C\C/C=C\C/C=C\CC)OC(=O)CCCCCCCC/C=C\C/C=C\C/C=C\CCCCC. The Morgan fingerprint density at radius 2 is 0.470 bits per heavy atom. The molecule has 0 heterocycles. The monoisotopic (exact) mass is 1150 g/mol. The third kappa shape index (κ3) is 68.2. The number of rotatable bonds is 62. The molecule has 0 amide bonds. The zero-order chi connectivity index (χ0) is 59.9. The molecule has 0 N–H and O–H groups in total. The van der Waals surface area contributed by atoms with Crippen molar-refractivity contribution in [1.29, 1.82) is 0 Å². The van der Waals surface area contributed by atoms with Crippen LogP contribution in [-0.4, -0.2) is 37.2 Å². The van der Waals surface area contributed by atoms with Gasteiger partial charge in [-0.25, -0.2) is 0 Å². The predicted octanol–water partition coefficient (Wildman–Crippen LogP) is 24.1. The Morgan fingerprint density at radius 3 is 0.735 bits per heavy atom. The molecule has 0 aromatic rings. The standard InChI is InChI=1S/C77H128O6/c1-4-7-10-13-16-19-22-25-28-31-33-34-35-36-37-38-39-40-41-42-44-46-49-52-55-58-61-64-67-70-76(79)82-73-74(72-81-75(78)69-66-63-60-57-54-51-48-45-30-27-24-21-18-15-12-9-6-3)83-77(80)71-68-65-62-59-56-53-50-47-43-32-29-26-23-20-17-14-11-8-5-2/h7,9-10,12,16-21,25-30,33-34,36-37,43,47,74H,4-6,8,11,13-15,22-24,31-32,35,38-42,44-46,48-73H2,1-3H3/b10-7-,12-9-,19-16-,20-17-,21-18-,28-25-,29-26-,30-27-,34-33-,37-36-,47-43-. The Labute approximate surface area is 513 Å². The molecule has 0 fully saturated rings. The molecule has 0 radical (unpaired) electrons. The van der Waals surface area contributed by atoms with Crippen molar-refractivity contribution in [3.05, 3.63) is 134 Å². The Kier molecular flexibility index (Phi) is 66.3. The van der Waals surface area contributed by atoms with Crippen LogP contribution in [0.2, 0.25) is 0 Å². The molecule has 1 atom stereocenters. The molecule has 1 unspecified atom stereocenters. The highest BCUT2D eigenvalue weighted by molar-refractivity contribution is 5.71. The minimum absolute atomic E-state index is 0.0893. The van der Waals surface area contributed by atoms with Gasteiger partial charge >= 0.3 is 17.9 Å². The van der Waals surface area contributed by atoms with Gasteiger partial charge in [0.2, 0.25) is 0 Å². The molecule has 0 aliphatic carbocycles. The molecule has 0 aromatic carbocycles. The van der Waals surface area contributed by atoms with E-state index in [0.717, 1.165) is 141 Å². The number of carbonyl (C=O) groups is 3. The lowest BCUT2D eigenvalue weighted by molar-refractivity contribution is -0.167. The van der Waals surface area contributed by atoms with Crippen molar-refractivity contribution in [2.75, 3.05) is 13.2 Å². The number of hydrogen-bond donors (Lipinski definition) is 0. The lowest BCUT2D eigenvalue weighted by atomic mass is 10.0. The molecule has 0 aliphatic heterocycles. The molecule has 0 spiro atoms. The fourth-order valence-corrected chi connectivity index (χ4v) is 9.49. The smallest absolute Gasteiger partial charge is 0.306 e. The van der Waals surface area contributed by atoms with Crippen LogP contribution in [0.4, 0.5) is 0 Å². The third-order valence-electron chi connectivity index (χ3n) is 14.6. The van der Waals surface area contributed by atoms with Crippen molar-refractivity contribution in [3.63, 3.8) is 0 Å². The van der Waals surface area contributed by atoms with Crippen LogP contribution in [0.15, 0.2) is 134 Å². The summed E-state index contributed by atoms with van der Waals surface area (Å²) in [7, 11) is 0. The summed E-state index contributed by atoms with van der Waals surface area (Å²) in [6.45, 7) is 6.39. The Hall–Kier alpha value is -4.45. The second-order valence-corrected chi connectivity index (χ2v) is 22.7. The molecule has 0 aromatic heterocycles. The molecule has 0 bridgehead atoms. The summed E-state index contributed by atoms with van der Waals surface area (Å²) in [4.78, 5) is 38.5. The lowest BCUT2D eigenvalue weighted by Crippen LogP contribution is -2.30. The quantitative estimate of drug-likeness (QED) is 0.0261. The molecule has 0 saturated heterocycles. The molecule has 6 nitrogen and oxygen atoms in total. The number of esters is 3. The topological polar surface area (TPSA) is 78.9 Å². The van der Waals surface area contributed by atoms with Crippen LogP contribution in [0.25, 0.3) is 0 Å². The van der Waals surface area contributed by atoms with E-state index in [1.807, 2.05) is 0 Å². The highest BCUT2D eigenvalue weighted by Gasteiger charge is 2.19. The lowest BCUT2D eigenvalue weighted by Gasteiger charge is -2.18. The van der Waals surface area contributed by atoms with E-state index < -0.39 is 6.10 Å². The van der Waals surface area contributed by atoms with Gasteiger partial charge in [-0.15, -0.1) is 0 Å². The van der Waals surface area contributed by atoms with E-state index in [4.69, 9.17) is 14.2 Å². The maximum atomic E-state index is 12.9. The summed E-state index contributed by atoms with van der Waals surface area (Å²) in [6, 6.07) is 0. The normalized spacial score (nSPS) is 13.0. The van der Waals surface area contributed by atoms with Gasteiger partial charge in [-0.3, -0.25) is 14.4 Å². The van der Waals surface area contributed by atoms with Gasteiger partial charge in [-0.1, -0.05) is 296 Å². The van der Waals surface area contributed by atoms with Crippen molar-refractivity contribution in [2.24, 2.45) is 0 Å². The number of ether oxygens (including phenoxy) is 3. The van der Waals surface area contributed by atoms with Crippen LogP contribution < -0.4 is 0 Å². The molecule has 83 heavy (non-hydrogen) atoms. The van der Waals surface area contributed by atoms with Gasteiger partial charge in [0.1, 0.15) is 13.2 Å². The van der Waals surface area contributed by atoms with Crippen molar-refractivity contribution in [3.8, 4) is 0 Å². The van der Waals surface area contributed by atoms with Gasteiger partial charge in [-0.05, 0) is 135 Å². The molecular weight excluding hydrogens is 1020 g/mol. The maximum Gasteiger partial charge on any atom is 0.306 e. The zero-order valence-electron chi connectivity index (χ0n) is 54.2. The van der Waals surface area contributed by atoms with Gasteiger partial charge in [0.25, 0.3) is 0 Å². The highest BCUT2D eigenvalue weighted by atomic mass is 16.6. The number of hydrogen-bond acceptors (Lipinski definition) is 6. The van der Waals surface area contributed by atoms with E-state index >= 15 is 0 Å². The minimum atomic E-state index is -0.796. The third-order valence-corrected chi connectivity index (χ3v) is 14.6. The summed E-state index contributed by atoms with van der Waals surface area (Å²) in [5.74, 6) is -0.905. The second kappa shape index (κ2) is 70.0. The van der Waals surface area contributed by atoms with Gasteiger partial charge < -0.3 is 14.2 Å². The zero-order valence-corrected chi connectivity index (χ0v) is 54.2. The molecule has 0 aliphatic rings. The van der Waals surface area contributed by atoms with E-state index in [1.165, 1.54) is 135 Å². The molecule has 0 rings (SSSR count). The Bertz CT molecular complexity index is 1750. The van der Waals surface area contributed by atoms with Crippen LogP contribution in [0.5, 0.6) is 0 Å². The fraction of sp³-hybridized carbons (Fsp3) is 0.675. The molecule has 0 saturated carbocycles. The van der Waals surface area contributed by atoms with Gasteiger partial charge in [0.05, 0.1) is 0 Å². The van der Waals surface area contributed by atoms with Crippen molar-refractivity contribution in [2.45, 2.75) is 322 Å². The average molecular weight is 1150 g/mol. The van der Waals surface area contributed by atoms with Gasteiger partial charge in [-0.2, -0.15) is 0 Å². The van der Waals surface area contributed by atoms with E-state index in [2.05, 4.69) is 154 Å². The van der Waals surface area contributed by atoms with Crippen LogP contribution in [0, 0.1) is 0 Å². The maximum absolute atomic E-state index is 12.9. The molecular formula is C77H128O6. The first-order valence-electron chi connectivity index (χ1n) is 34.7. The van der Waals surface area contributed by atoms with E-state index in [1.54, 1.807) is 0 Å². The summed E-state index contributed by atoms with van der Waals surface area (Å²) in [6.07, 6.45) is 98.9. The minimum Gasteiger partial charge on any atom is -0.462 e. The summed E-state index contributed by atoms with van der Waals surface area (Å²) in [5, 5.41) is 0. The first-order valence-corrected chi connectivity index (χ1v) is 34.7. The Morgan fingerprint density at radius 1 is 0.253 bits per heavy atom. The first kappa shape index (κ1) is 78.5. The Balaban J connectivity index is 4.35. The second-order valence-electron chi connectivity index (χ2n) is 22.7. The number of allylic oxidation sites excluding steroid dienone is 22. The summed E-state index contributed by atoms with van der Waals surface area (Å²) >= 11 is 0. The highest BCUT2D eigenvalue weighted by Crippen LogP contribution is 2.16. The first-order chi connectivity index (χ1) is 41.0. The number of carbonyl (C=O) groups excluding carboxylic acids is 3. The van der Waals surface area contributed by atoms with Crippen molar-refractivity contribution in [1.82, 2.24) is 0 Å². The van der Waals surface area contributed by atoms with Crippen LogP contribution in [0.1, 0.15) is 316 Å². The van der Waals surface area contributed by atoms with E-state index in [0.29, 0.717) is 19.3 Å². The van der Waals surface area contributed by atoms with E-state index in [-0.39, 0.29) is 31.1 Å². The van der Waals surface area contributed by atoms with Gasteiger partial charge in [0.15, 0.2) is 6.10 Å².